The monoisotopic (exact) mass is 255 g/mol. The van der Waals surface area contributed by atoms with Gasteiger partial charge in [-0.05, 0) is 19.3 Å². The molecule has 2 aliphatic rings. The number of hydrogen-bond acceptors (Lipinski definition) is 3. The lowest BCUT2D eigenvalue weighted by molar-refractivity contribution is -0.155. The summed E-state index contributed by atoms with van der Waals surface area (Å²) in [4.78, 5) is 25.2. The van der Waals surface area contributed by atoms with E-state index in [1.54, 1.807) is 4.90 Å². The first-order valence-corrected chi connectivity index (χ1v) is 6.73. The van der Waals surface area contributed by atoms with Crippen LogP contribution in [0, 0.1) is 5.41 Å². The van der Waals surface area contributed by atoms with Crippen LogP contribution in [-0.4, -0.2) is 46.2 Å². The first kappa shape index (κ1) is 13.3. The number of rotatable bonds is 3. The van der Waals surface area contributed by atoms with Gasteiger partial charge in [0.1, 0.15) is 0 Å². The number of aliphatic carboxylic acids is 1. The summed E-state index contributed by atoms with van der Waals surface area (Å²) >= 11 is 0. The number of nitrogens with zero attached hydrogens (tertiary/aromatic N) is 1. The van der Waals surface area contributed by atoms with E-state index in [9.17, 15) is 19.8 Å². The minimum absolute atomic E-state index is 0.0923. The van der Waals surface area contributed by atoms with E-state index in [2.05, 4.69) is 0 Å². The highest BCUT2D eigenvalue weighted by atomic mass is 16.4. The van der Waals surface area contributed by atoms with Crippen LogP contribution in [0.15, 0.2) is 0 Å². The molecule has 102 valence electrons. The van der Waals surface area contributed by atoms with Crippen molar-refractivity contribution in [2.45, 2.75) is 51.0 Å². The van der Waals surface area contributed by atoms with Crippen LogP contribution in [0.2, 0.25) is 0 Å². The van der Waals surface area contributed by atoms with Crippen molar-refractivity contribution in [3.05, 3.63) is 0 Å². The third kappa shape index (κ3) is 2.66. The molecule has 0 aromatic heterocycles. The molecule has 0 unspecified atom stereocenters. The van der Waals surface area contributed by atoms with Crippen molar-refractivity contribution in [3.8, 4) is 0 Å². The molecule has 1 aliphatic heterocycles. The highest BCUT2D eigenvalue weighted by Crippen LogP contribution is 2.40. The number of carbonyl (C=O) groups excluding carboxylic acids is 1. The molecule has 1 aliphatic carbocycles. The van der Waals surface area contributed by atoms with E-state index in [-0.39, 0.29) is 12.3 Å². The molecule has 0 spiro atoms. The van der Waals surface area contributed by atoms with Crippen LogP contribution < -0.4 is 0 Å². The van der Waals surface area contributed by atoms with Crippen LogP contribution in [0.1, 0.15) is 44.9 Å². The Bertz CT molecular complexity index is 336. The molecule has 0 aromatic rings. The number of β-amino-alcohol motifs (C(OH)–C–C–N with tert-alkyl or cyclic N) is 1. The second-order valence-corrected chi connectivity index (χ2v) is 5.61. The van der Waals surface area contributed by atoms with Crippen LogP contribution >= 0.6 is 0 Å². The number of aliphatic hydroxyl groups is 1. The molecule has 0 aromatic carbocycles. The van der Waals surface area contributed by atoms with Gasteiger partial charge in [-0.25, -0.2) is 0 Å². The average molecular weight is 255 g/mol. The van der Waals surface area contributed by atoms with Gasteiger partial charge in [-0.3, -0.25) is 9.59 Å². The van der Waals surface area contributed by atoms with Crippen LogP contribution in [0.5, 0.6) is 0 Å². The number of carboxylic acids is 1. The molecular weight excluding hydrogens is 234 g/mol. The number of carboxylic acid groups (broad SMARTS) is 1. The maximum atomic E-state index is 12.1. The number of aliphatic hydroxyl groups excluding tert-OH is 1. The van der Waals surface area contributed by atoms with Gasteiger partial charge in [-0.15, -0.1) is 0 Å². The fourth-order valence-electron chi connectivity index (χ4n) is 3.06. The summed E-state index contributed by atoms with van der Waals surface area (Å²) in [7, 11) is 0. The lowest BCUT2D eigenvalue weighted by Gasteiger charge is -2.33. The van der Waals surface area contributed by atoms with E-state index in [1.165, 1.54) is 0 Å². The van der Waals surface area contributed by atoms with Crippen molar-refractivity contribution < 1.29 is 19.8 Å². The second kappa shape index (κ2) is 5.26. The molecule has 5 nitrogen and oxygen atoms in total. The SMILES string of the molecule is O=C(CC1(C(=O)O)CCCCC1)N1CC[C@H](O)C1. The van der Waals surface area contributed by atoms with Crippen LogP contribution in [0.3, 0.4) is 0 Å². The third-order valence-corrected chi connectivity index (χ3v) is 4.27. The molecule has 0 bridgehead atoms. The molecule has 5 heteroatoms. The molecule has 1 saturated heterocycles. The third-order valence-electron chi connectivity index (χ3n) is 4.27. The molecule has 2 N–H and O–H groups in total. The summed E-state index contributed by atoms with van der Waals surface area (Å²) < 4.78 is 0. The average Bonchev–Trinajstić information content (AvgIpc) is 2.77. The zero-order valence-corrected chi connectivity index (χ0v) is 10.6. The Labute approximate surface area is 107 Å². The Balaban J connectivity index is 2.00. The normalized spacial score (nSPS) is 27.2. The highest BCUT2D eigenvalue weighted by molar-refractivity contribution is 5.85. The van der Waals surface area contributed by atoms with Crippen LogP contribution in [0.25, 0.3) is 0 Å². The maximum Gasteiger partial charge on any atom is 0.310 e. The van der Waals surface area contributed by atoms with Crippen molar-refractivity contribution in [3.63, 3.8) is 0 Å². The number of hydrogen-bond donors (Lipinski definition) is 2. The topological polar surface area (TPSA) is 77.8 Å². The van der Waals surface area contributed by atoms with Gasteiger partial charge >= 0.3 is 5.97 Å². The Morgan fingerprint density at radius 1 is 1.22 bits per heavy atom. The molecule has 18 heavy (non-hydrogen) atoms. The molecule has 1 atom stereocenters. The summed E-state index contributed by atoms with van der Waals surface area (Å²) in [5, 5.41) is 18.8. The molecule has 1 saturated carbocycles. The van der Waals surface area contributed by atoms with E-state index in [0.29, 0.717) is 32.4 Å². The predicted octanol–water partition coefficient (Wildman–Crippen LogP) is 1.00. The van der Waals surface area contributed by atoms with Gasteiger partial charge < -0.3 is 15.1 Å². The van der Waals surface area contributed by atoms with Gasteiger partial charge in [0.25, 0.3) is 0 Å². The van der Waals surface area contributed by atoms with Gasteiger partial charge in [0.05, 0.1) is 11.5 Å². The van der Waals surface area contributed by atoms with E-state index in [1.807, 2.05) is 0 Å². The minimum atomic E-state index is -0.858. The van der Waals surface area contributed by atoms with Gasteiger partial charge in [-0.2, -0.15) is 0 Å². The predicted molar refractivity (Wildman–Crippen MR) is 65.0 cm³/mol. The Morgan fingerprint density at radius 3 is 2.39 bits per heavy atom. The largest absolute Gasteiger partial charge is 0.481 e. The number of likely N-dealkylation sites (tertiary alicyclic amines) is 1. The fourth-order valence-corrected chi connectivity index (χ4v) is 3.06. The van der Waals surface area contributed by atoms with Crippen molar-refractivity contribution >= 4 is 11.9 Å². The minimum Gasteiger partial charge on any atom is -0.481 e. The smallest absolute Gasteiger partial charge is 0.310 e. The van der Waals surface area contributed by atoms with E-state index in [4.69, 9.17) is 0 Å². The summed E-state index contributed by atoms with van der Waals surface area (Å²) in [5.41, 5.74) is -0.858. The highest BCUT2D eigenvalue weighted by Gasteiger charge is 2.42. The fraction of sp³-hybridized carbons (Fsp3) is 0.846. The first-order chi connectivity index (χ1) is 8.53. The molecule has 2 rings (SSSR count). The van der Waals surface area contributed by atoms with Crippen molar-refractivity contribution in [1.82, 2.24) is 4.90 Å². The lowest BCUT2D eigenvalue weighted by atomic mass is 9.71. The molecule has 1 amide bonds. The standard InChI is InChI=1S/C13H21NO4/c15-10-4-7-14(9-10)11(16)8-13(12(17)18)5-2-1-3-6-13/h10,15H,1-9H2,(H,17,18)/t10-/m0/s1. The molecular formula is C13H21NO4. The zero-order valence-electron chi connectivity index (χ0n) is 10.6. The molecule has 2 fully saturated rings. The lowest BCUT2D eigenvalue weighted by Crippen LogP contribution is -2.40. The zero-order chi connectivity index (χ0) is 13.2. The van der Waals surface area contributed by atoms with E-state index < -0.39 is 17.5 Å². The maximum absolute atomic E-state index is 12.1. The second-order valence-electron chi connectivity index (χ2n) is 5.61. The van der Waals surface area contributed by atoms with Crippen LogP contribution in [0.4, 0.5) is 0 Å². The van der Waals surface area contributed by atoms with E-state index in [0.717, 1.165) is 19.3 Å². The Kier molecular flexibility index (Phi) is 3.90. The van der Waals surface area contributed by atoms with Crippen molar-refractivity contribution in [1.29, 1.82) is 0 Å². The van der Waals surface area contributed by atoms with Crippen molar-refractivity contribution in [2.75, 3.05) is 13.1 Å². The van der Waals surface area contributed by atoms with Gasteiger partial charge in [-0.1, -0.05) is 19.3 Å². The summed E-state index contributed by atoms with van der Waals surface area (Å²) in [6.45, 7) is 0.907. The van der Waals surface area contributed by atoms with Gasteiger partial charge in [0, 0.05) is 19.5 Å². The molecule has 0 radical (unpaired) electrons. The van der Waals surface area contributed by atoms with Crippen molar-refractivity contribution in [2.24, 2.45) is 5.41 Å². The molecule has 1 heterocycles. The van der Waals surface area contributed by atoms with Gasteiger partial charge in [0.15, 0.2) is 0 Å². The summed E-state index contributed by atoms with van der Waals surface area (Å²) in [5.74, 6) is -0.953. The summed E-state index contributed by atoms with van der Waals surface area (Å²) in [6.07, 6.45) is 4.30. The van der Waals surface area contributed by atoms with Gasteiger partial charge in [0.2, 0.25) is 5.91 Å². The first-order valence-electron chi connectivity index (χ1n) is 6.73. The van der Waals surface area contributed by atoms with Crippen LogP contribution in [-0.2, 0) is 9.59 Å². The Hall–Kier alpha value is -1.10. The number of carbonyl (C=O) groups is 2. The Morgan fingerprint density at radius 2 is 1.89 bits per heavy atom. The summed E-state index contributed by atoms with van der Waals surface area (Å²) in [6, 6.07) is 0. The quantitative estimate of drug-likeness (QED) is 0.788. The number of amides is 1. The van der Waals surface area contributed by atoms with E-state index >= 15 is 0 Å².